The monoisotopic (exact) mass is 604 g/mol. The molecule has 0 aliphatic heterocycles. The third kappa shape index (κ3) is 4.59. The largest absolute Gasteiger partial charge is 0.309 e. The van der Waals surface area contributed by atoms with E-state index in [1.807, 2.05) is 57.7 Å². The minimum Gasteiger partial charge on any atom is -0.309 e. The van der Waals surface area contributed by atoms with E-state index in [0.29, 0.717) is 87.3 Å². The molecule has 24 radical (unpaired) electrons. The summed E-state index contributed by atoms with van der Waals surface area (Å²) in [7, 11) is 76.6. The van der Waals surface area contributed by atoms with Gasteiger partial charge in [0.1, 0.15) is 94.2 Å². The van der Waals surface area contributed by atoms with Gasteiger partial charge in [-0.05, 0) is 81.2 Å². The van der Waals surface area contributed by atoms with Crippen LogP contribution in [-0.2, 0) is 0 Å². The van der Waals surface area contributed by atoms with Crippen molar-refractivity contribution in [2.45, 2.75) is 0 Å². The highest BCUT2D eigenvalue weighted by atomic mass is 15.0. The van der Waals surface area contributed by atoms with Gasteiger partial charge in [0, 0.05) is 11.4 Å². The predicted molar refractivity (Wildman–Crippen MR) is 225 cm³/mol. The van der Waals surface area contributed by atoms with E-state index in [4.69, 9.17) is 94.2 Å². The van der Waals surface area contributed by atoms with Crippen LogP contribution < -0.4 is 65.6 Å². The fraction of sp³-hybridized carbons (Fsp3) is 0. The molecule has 0 amide bonds. The molecule has 2 heterocycles. The summed E-state index contributed by atoms with van der Waals surface area (Å²) < 4.78 is 3.99. The Bertz CT molecular complexity index is 2460. The summed E-state index contributed by atoms with van der Waals surface area (Å²) in [5.41, 5.74) is 9.79. The van der Waals surface area contributed by atoms with Crippen molar-refractivity contribution >= 4 is 203 Å². The fourth-order valence-corrected chi connectivity index (χ4v) is 7.12. The Hall–Kier alpha value is -4.30. The SMILES string of the molecule is [B]c1cc2c(c([B])c1[B])c1c([B])c([B])c([B])cc1n2-c1cccc(-c2cccc(-n3c4cc([B])c([B])c([B])c4c4c([B])c([B])c([B])cc43)c2)c1. The highest BCUT2D eigenvalue weighted by Crippen LogP contribution is 2.33. The van der Waals surface area contributed by atoms with Gasteiger partial charge in [-0.3, -0.25) is 0 Å². The van der Waals surface area contributed by atoms with E-state index in [9.17, 15) is 0 Å². The Morgan fingerprint density at radius 1 is 0.300 bits per heavy atom. The molecule has 0 aliphatic carbocycles. The molecule has 0 atom stereocenters. The number of aromatic nitrogens is 2. The molecule has 2 aromatic heterocycles. The molecule has 0 bridgehead atoms. The quantitative estimate of drug-likeness (QED) is 0.180. The van der Waals surface area contributed by atoms with E-state index < -0.39 is 0 Å². The lowest BCUT2D eigenvalue weighted by molar-refractivity contribution is 1.18. The van der Waals surface area contributed by atoms with Crippen LogP contribution in [0, 0.1) is 0 Å². The summed E-state index contributed by atoms with van der Waals surface area (Å²) in [5, 5.41) is 2.53. The summed E-state index contributed by atoms with van der Waals surface area (Å²) in [6.07, 6.45) is 0. The van der Waals surface area contributed by atoms with E-state index in [2.05, 4.69) is 0 Å². The lowest BCUT2D eigenvalue weighted by Crippen LogP contribution is -2.41. The summed E-state index contributed by atoms with van der Waals surface area (Å²) in [6, 6.07) is 23.1. The molecule has 0 N–H and O–H groups in total. The van der Waals surface area contributed by atoms with Gasteiger partial charge in [0.05, 0.1) is 22.1 Å². The van der Waals surface area contributed by atoms with Gasteiger partial charge in [-0.1, -0.05) is 46.1 Å². The number of benzene rings is 6. The van der Waals surface area contributed by atoms with Crippen LogP contribution in [0.25, 0.3) is 66.1 Å². The smallest absolute Gasteiger partial charge is 0.113 e. The number of nitrogens with zero attached hydrogens (tertiary/aromatic N) is 2. The minimum absolute atomic E-state index is 0.263. The maximum absolute atomic E-state index is 6.56. The van der Waals surface area contributed by atoms with Crippen molar-refractivity contribution in [1.82, 2.24) is 9.13 Å². The van der Waals surface area contributed by atoms with Crippen molar-refractivity contribution < 1.29 is 0 Å². The van der Waals surface area contributed by atoms with Crippen LogP contribution in [0.4, 0.5) is 0 Å². The summed E-state index contributed by atoms with van der Waals surface area (Å²) in [5.74, 6) is 0. The van der Waals surface area contributed by atoms with E-state index >= 15 is 0 Å². The lowest BCUT2D eigenvalue weighted by atomic mass is 9.68. The average molecular weight is 602 g/mol. The Kier molecular flexibility index (Phi) is 7.64. The molecule has 8 aromatic rings. The number of hydrogen-bond donors (Lipinski definition) is 0. The van der Waals surface area contributed by atoms with Crippen molar-refractivity contribution in [1.29, 1.82) is 0 Å². The molecule has 0 spiro atoms. The topological polar surface area (TPSA) is 9.86 Å². The Balaban J connectivity index is 1.38. The Labute approximate surface area is 306 Å². The molecule has 2 nitrogen and oxygen atoms in total. The minimum atomic E-state index is 0.263. The Morgan fingerprint density at radius 3 is 0.820 bits per heavy atom. The third-order valence-electron chi connectivity index (χ3n) is 9.68. The van der Waals surface area contributed by atoms with Crippen LogP contribution in [0.3, 0.4) is 0 Å². The van der Waals surface area contributed by atoms with Gasteiger partial charge in [0.15, 0.2) is 0 Å². The van der Waals surface area contributed by atoms with Crippen LogP contribution in [0.15, 0.2) is 72.8 Å². The van der Waals surface area contributed by atoms with Gasteiger partial charge >= 0.3 is 0 Å². The molecule has 0 aliphatic rings. The predicted octanol–water partition coefficient (Wildman–Crippen LogP) is -4.93. The van der Waals surface area contributed by atoms with Crippen LogP contribution in [0.5, 0.6) is 0 Å². The molecular weight excluding hydrogens is 590 g/mol. The summed E-state index contributed by atoms with van der Waals surface area (Å²) >= 11 is 0. The zero-order chi connectivity index (χ0) is 35.5. The summed E-state index contributed by atoms with van der Waals surface area (Å²) in [6.45, 7) is 0. The van der Waals surface area contributed by atoms with Crippen molar-refractivity contribution in [2.75, 3.05) is 0 Å². The van der Waals surface area contributed by atoms with Crippen molar-refractivity contribution in [3.8, 4) is 22.5 Å². The fourth-order valence-electron chi connectivity index (χ4n) is 7.12. The first kappa shape index (κ1) is 32.9. The van der Waals surface area contributed by atoms with Crippen LogP contribution in [0.1, 0.15) is 0 Å². The third-order valence-corrected chi connectivity index (χ3v) is 9.68. The molecule has 6 aromatic carbocycles. The van der Waals surface area contributed by atoms with Crippen molar-refractivity contribution in [3.05, 3.63) is 72.8 Å². The Morgan fingerprint density at radius 2 is 0.560 bits per heavy atom. The molecule has 50 heavy (non-hydrogen) atoms. The summed E-state index contributed by atoms with van der Waals surface area (Å²) in [4.78, 5) is 0. The van der Waals surface area contributed by atoms with Gasteiger partial charge in [0.2, 0.25) is 0 Å². The van der Waals surface area contributed by atoms with E-state index in [0.717, 1.165) is 22.5 Å². The van der Waals surface area contributed by atoms with E-state index in [1.165, 1.54) is 0 Å². The molecule has 14 heteroatoms. The molecule has 202 valence electrons. The molecule has 0 saturated heterocycles. The van der Waals surface area contributed by atoms with Gasteiger partial charge < -0.3 is 9.13 Å². The second-order valence-electron chi connectivity index (χ2n) is 12.5. The number of hydrogen-bond acceptors (Lipinski definition) is 0. The highest BCUT2D eigenvalue weighted by molar-refractivity contribution is 6.66. The normalized spacial score (nSPS) is 11.8. The van der Waals surface area contributed by atoms with Crippen molar-refractivity contribution in [2.24, 2.45) is 0 Å². The molecule has 0 unspecified atom stereocenters. The van der Waals surface area contributed by atoms with Crippen LogP contribution >= 0.6 is 0 Å². The first-order chi connectivity index (χ1) is 23.8. The molecular formula is C36H12B12N2. The zero-order valence-corrected chi connectivity index (χ0v) is 26.8. The lowest BCUT2D eigenvalue weighted by Gasteiger charge is -2.15. The molecule has 8 rings (SSSR count). The second kappa shape index (κ2) is 11.6. The van der Waals surface area contributed by atoms with Crippen LogP contribution in [0.2, 0.25) is 0 Å². The molecule has 0 saturated carbocycles. The first-order valence-electron chi connectivity index (χ1n) is 15.5. The van der Waals surface area contributed by atoms with Gasteiger partial charge in [-0.25, -0.2) is 0 Å². The van der Waals surface area contributed by atoms with Crippen molar-refractivity contribution in [3.63, 3.8) is 0 Å². The standard InChI is InChI=1S/C36H12B12N2/c37-17-9-21-25(33(45)29(17)41)26-22(10-18(38)30(42)34(26)46)49(21)15-5-1-3-13(7-15)14-4-2-6-16(8-14)50-23-11-19(39)31(43)35(47)27(23)28-24(50)12-20(40)32(44)36(28)48/h1-12H. The molecule has 0 fully saturated rings. The van der Waals surface area contributed by atoms with Gasteiger partial charge in [-0.15, -0.1) is 43.7 Å². The van der Waals surface area contributed by atoms with Gasteiger partial charge in [0.25, 0.3) is 0 Å². The van der Waals surface area contributed by atoms with Crippen LogP contribution in [-0.4, -0.2) is 103 Å². The number of fused-ring (bicyclic) bond motifs is 6. The van der Waals surface area contributed by atoms with Gasteiger partial charge in [-0.2, -0.15) is 0 Å². The van der Waals surface area contributed by atoms with E-state index in [-0.39, 0.29) is 21.9 Å². The second-order valence-corrected chi connectivity index (χ2v) is 12.5. The van der Waals surface area contributed by atoms with E-state index in [1.54, 1.807) is 24.3 Å². The zero-order valence-electron chi connectivity index (χ0n) is 26.8. The average Bonchev–Trinajstić information content (AvgIpc) is 3.60. The maximum Gasteiger partial charge on any atom is 0.113 e. The number of rotatable bonds is 3. The first-order valence-corrected chi connectivity index (χ1v) is 15.5. The maximum atomic E-state index is 6.56. The highest BCUT2D eigenvalue weighted by Gasteiger charge is 2.21.